The summed E-state index contributed by atoms with van der Waals surface area (Å²) in [7, 11) is 0. The molecule has 0 radical (unpaired) electrons. The lowest BCUT2D eigenvalue weighted by molar-refractivity contribution is 0.411. The van der Waals surface area contributed by atoms with Crippen LogP contribution in [0.25, 0.3) is 16.6 Å². The molecule has 0 spiro atoms. The number of nitrogens with one attached hydrogen (secondary N) is 1. The van der Waals surface area contributed by atoms with Crippen molar-refractivity contribution in [2.24, 2.45) is 5.92 Å². The predicted molar refractivity (Wildman–Crippen MR) is 123 cm³/mol. The number of nitrogens with zero attached hydrogens (tertiary/aromatic N) is 7. The summed E-state index contributed by atoms with van der Waals surface area (Å²) in [6.07, 6.45) is 7.94. The minimum atomic E-state index is -0.324. The summed E-state index contributed by atoms with van der Waals surface area (Å²) in [4.78, 5) is 27.2. The monoisotopic (exact) mass is 466 g/mol. The van der Waals surface area contributed by atoms with Crippen molar-refractivity contribution < 1.29 is 0 Å². The molecule has 2 aliphatic rings. The Morgan fingerprint density at radius 2 is 2.19 bits per heavy atom. The van der Waals surface area contributed by atoms with E-state index >= 15 is 0 Å². The lowest BCUT2D eigenvalue weighted by Gasteiger charge is -2.45. The van der Waals surface area contributed by atoms with Gasteiger partial charge in [0, 0.05) is 25.5 Å². The maximum absolute atomic E-state index is 13.3. The molecule has 1 saturated carbocycles. The third-order valence-electron chi connectivity index (χ3n) is 6.43. The molecule has 0 amide bonds. The molecular formula is C21H19ClN8OS. The fraction of sp³-hybridized carbons (Fsp3) is 0.381. The van der Waals surface area contributed by atoms with Gasteiger partial charge in [-0.2, -0.15) is 23.0 Å². The van der Waals surface area contributed by atoms with Crippen molar-refractivity contribution in [1.29, 1.82) is 5.26 Å². The molecular weight excluding hydrogens is 448 g/mol. The zero-order valence-electron chi connectivity index (χ0n) is 16.9. The van der Waals surface area contributed by atoms with Crippen molar-refractivity contribution >= 4 is 46.6 Å². The normalized spacial score (nSPS) is 19.3. The number of hydrogen-bond acceptors (Lipinski definition) is 7. The number of fused-ring (bicyclic) bond motifs is 2. The van der Waals surface area contributed by atoms with Crippen LogP contribution in [-0.2, 0) is 6.54 Å². The summed E-state index contributed by atoms with van der Waals surface area (Å²) in [5.74, 6) is 1.81. The number of nitriles is 1. The molecule has 4 aromatic rings. The summed E-state index contributed by atoms with van der Waals surface area (Å²) < 4.78 is 3.30. The molecule has 9 nitrogen and oxygen atoms in total. The molecule has 1 N–H and O–H groups in total. The molecule has 1 saturated heterocycles. The molecule has 4 aromatic heterocycles. The fourth-order valence-corrected chi connectivity index (χ4v) is 5.18. The molecule has 2 atom stereocenters. The highest BCUT2D eigenvalue weighted by Crippen LogP contribution is 2.40. The first-order chi connectivity index (χ1) is 15.6. The van der Waals surface area contributed by atoms with E-state index in [2.05, 4.69) is 25.9 Å². The molecule has 2 fully saturated rings. The second-order valence-corrected chi connectivity index (χ2v) is 9.37. The number of anilines is 1. The zero-order chi connectivity index (χ0) is 22.0. The van der Waals surface area contributed by atoms with Gasteiger partial charge in [-0.25, -0.2) is 14.5 Å². The minimum Gasteiger partial charge on any atom is -0.351 e. The van der Waals surface area contributed by atoms with Crippen LogP contribution in [0.3, 0.4) is 0 Å². The van der Waals surface area contributed by atoms with Crippen LogP contribution in [0.15, 0.2) is 29.6 Å². The number of H-pyrrole nitrogens is 1. The molecule has 0 aromatic carbocycles. The number of halogens is 1. The third-order valence-corrected chi connectivity index (χ3v) is 7.31. The van der Waals surface area contributed by atoms with Crippen LogP contribution >= 0.6 is 24.2 Å². The third kappa shape index (κ3) is 2.92. The van der Waals surface area contributed by atoms with Gasteiger partial charge >= 0.3 is 0 Å². The Morgan fingerprint density at radius 3 is 2.91 bits per heavy atom. The molecule has 6 rings (SSSR count). The van der Waals surface area contributed by atoms with E-state index in [1.807, 2.05) is 0 Å². The second kappa shape index (κ2) is 7.25. The molecule has 1 aliphatic heterocycles. The van der Waals surface area contributed by atoms with Crippen molar-refractivity contribution in [2.45, 2.75) is 37.1 Å². The smallest absolute Gasteiger partial charge is 0.279 e. The van der Waals surface area contributed by atoms with Crippen molar-refractivity contribution in [3.05, 3.63) is 51.6 Å². The van der Waals surface area contributed by atoms with Crippen LogP contribution in [0.1, 0.15) is 35.9 Å². The quantitative estimate of drug-likeness (QED) is 0.438. The van der Waals surface area contributed by atoms with Gasteiger partial charge in [0.25, 0.3) is 5.56 Å². The average molecular weight is 467 g/mol. The molecule has 0 bridgehead atoms. The lowest BCUT2D eigenvalue weighted by atomic mass is 9.97. The maximum atomic E-state index is 13.3. The number of aromatic nitrogens is 6. The van der Waals surface area contributed by atoms with E-state index in [0.717, 1.165) is 25.8 Å². The summed E-state index contributed by atoms with van der Waals surface area (Å²) >= 11 is 11.2. The Morgan fingerprint density at radius 1 is 1.34 bits per heavy atom. The van der Waals surface area contributed by atoms with Crippen LogP contribution in [0.2, 0.25) is 5.02 Å². The van der Waals surface area contributed by atoms with Gasteiger partial charge in [0.15, 0.2) is 0 Å². The first-order valence-electron chi connectivity index (χ1n) is 10.5. The van der Waals surface area contributed by atoms with Gasteiger partial charge in [-0.15, -0.1) is 0 Å². The van der Waals surface area contributed by atoms with Crippen LogP contribution in [0, 0.1) is 17.2 Å². The number of hydrogen-bond donors (Lipinski definition) is 2. The van der Waals surface area contributed by atoms with E-state index < -0.39 is 0 Å². The van der Waals surface area contributed by atoms with E-state index in [-0.39, 0.29) is 16.9 Å². The van der Waals surface area contributed by atoms with Gasteiger partial charge in [0.05, 0.1) is 27.3 Å². The molecule has 1 unspecified atom stereocenters. The van der Waals surface area contributed by atoms with Gasteiger partial charge in [-0.3, -0.25) is 9.36 Å². The van der Waals surface area contributed by atoms with Gasteiger partial charge in [-0.1, -0.05) is 11.6 Å². The number of aromatic amines is 1. The van der Waals surface area contributed by atoms with Crippen LogP contribution in [-0.4, -0.2) is 41.7 Å². The van der Waals surface area contributed by atoms with Crippen LogP contribution < -0.4 is 10.5 Å². The molecule has 5 heterocycles. The predicted octanol–water partition coefficient (Wildman–Crippen LogP) is 2.95. The van der Waals surface area contributed by atoms with Crippen molar-refractivity contribution in [2.75, 3.05) is 11.4 Å². The fourth-order valence-electron chi connectivity index (χ4n) is 4.46. The van der Waals surface area contributed by atoms with Gasteiger partial charge in [0.1, 0.15) is 35.2 Å². The highest BCUT2D eigenvalue weighted by molar-refractivity contribution is 7.80. The maximum Gasteiger partial charge on any atom is 0.279 e. The van der Waals surface area contributed by atoms with Crippen molar-refractivity contribution in [1.82, 2.24) is 29.1 Å². The van der Waals surface area contributed by atoms with E-state index in [9.17, 15) is 10.1 Å². The Hall–Kier alpha value is -3.03. The Balaban J connectivity index is 1.43. The largest absolute Gasteiger partial charge is 0.351 e. The number of rotatable bonds is 5. The van der Waals surface area contributed by atoms with Gasteiger partial charge < -0.3 is 9.88 Å². The highest BCUT2D eigenvalue weighted by atomic mass is 35.5. The first kappa shape index (κ1) is 19.6. The van der Waals surface area contributed by atoms with Gasteiger partial charge in [-0.05, 0) is 31.2 Å². The molecule has 11 heteroatoms. The zero-order valence-corrected chi connectivity index (χ0v) is 18.6. The molecule has 1 aliphatic carbocycles. The van der Waals surface area contributed by atoms with Crippen LogP contribution in [0.5, 0.6) is 0 Å². The SMILES string of the molecule is N#Cc1c[nH]c2ncnc(N3CC[C@H]3C(S)c3nn4ccc(Cl)c4c(=O)n3CC3CC3)c12. The standard InChI is InChI=1S/C21H19ClN8OS/c22-13-3-6-30-16(13)21(31)29(9-11-1-2-11)20(27-30)17(32)14-4-5-28(14)19-15-12(7-23)8-24-18(15)25-10-26-19/h3,6,8,10-11,14,17,32H,1-2,4-5,9H2,(H,24,25,26)/t14-,17?/m0/s1. The minimum absolute atomic E-state index is 0.0290. The Bertz CT molecular complexity index is 1460. The van der Waals surface area contributed by atoms with E-state index in [1.165, 1.54) is 6.33 Å². The van der Waals surface area contributed by atoms with Crippen molar-refractivity contribution in [3.63, 3.8) is 0 Å². The van der Waals surface area contributed by atoms with Crippen LogP contribution in [0.4, 0.5) is 5.82 Å². The Kier molecular flexibility index (Phi) is 4.45. The van der Waals surface area contributed by atoms with E-state index in [4.69, 9.17) is 29.3 Å². The highest BCUT2D eigenvalue weighted by Gasteiger charge is 2.39. The van der Waals surface area contributed by atoms with Gasteiger partial charge in [0.2, 0.25) is 0 Å². The summed E-state index contributed by atoms with van der Waals surface area (Å²) in [5, 5.41) is 15.1. The topological polar surface area (TPSA) is 108 Å². The second-order valence-electron chi connectivity index (χ2n) is 8.40. The average Bonchev–Trinajstić information content (AvgIpc) is 3.35. The summed E-state index contributed by atoms with van der Waals surface area (Å²) in [6.45, 7) is 1.39. The summed E-state index contributed by atoms with van der Waals surface area (Å²) in [6, 6.07) is 3.86. The van der Waals surface area contributed by atoms with Crippen molar-refractivity contribution in [3.8, 4) is 6.07 Å². The lowest BCUT2D eigenvalue weighted by Crippen LogP contribution is -2.51. The summed E-state index contributed by atoms with van der Waals surface area (Å²) in [5.41, 5.74) is 1.39. The molecule has 162 valence electrons. The first-order valence-corrected chi connectivity index (χ1v) is 11.4. The molecule has 32 heavy (non-hydrogen) atoms. The number of thiol groups is 1. The Labute approximate surface area is 193 Å². The van der Waals surface area contributed by atoms with E-state index in [1.54, 1.807) is 27.5 Å². The van der Waals surface area contributed by atoms with E-state index in [0.29, 0.717) is 51.2 Å².